The summed E-state index contributed by atoms with van der Waals surface area (Å²) in [6, 6.07) is 0. The van der Waals surface area contributed by atoms with E-state index in [0.717, 1.165) is 0 Å². The molecular weight excluding hydrogens is 236 g/mol. The van der Waals surface area contributed by atoms with Gasteiger partial charge in [-0.2, -0.15) is 0 Å². The highest BCUT2D eigenvalue weighted by atomic mass is 16.3. The van der Waals surface area contributed by atoms with E-state index in [-0.39, 0.29) is 17.9 Å². The van der Waals surface area contributed by atoms with Crippen LogP contribution in [0.3, 0.4) is 0 Å². The highest BCUT2D eigenvalue weighted by molar-refractivity contribution is 6.41. The fourth-order valence-electron chi connectivity index (χ4n) is 1.62. The maximum atomic E-state index is 11.8. The van der Waals surface area contributed by atoms with E-state index < -0.39 is 34.3 Å². The van der Waals surface area contributed by atoms with Crippen molar-refractivity contribution in [3.05, 3.63) is 35.3 Å². The van der Waals surface area contributed by atoms with Crippen molar-refractivity contribution >= 4 is 17.3 Å². The van der Waals surface area contributed by atoms with Crippen LogP contribution in [0, 0.1) is 5.92 Å². The van der Waals surface area contributed by atoms with E-state index in [0.29, 0.717) is 6.26 Å². The fraction of sp³-hybridized carbons (Fsp3) is 0.308. The first-order chi connectivity index (χ1) is 8.31. The molecule has 96 valence electrons. The van der Waals surface area contributed by atoms with Gasteiger partial charge in [0.15, 0.2) is 5.78 Å². The topological polar surface area (TPSA) is 91.7 Å². The summed E-state index contributed by atoms with van der Waals surface area (Å²) in [5.41, 5.74) is -1.39. The molecule has 2 N–H and O–H groups in total. The Hall–Kier alpha value is -2.17. The predicted octanol–water partition coefficient (Wildman–Crippen LogP) is 1.56. The molecule has 0 amide bonds. The zero-order valence-electron chi connectivity index (χ0n) is 10.2. The normalized spacial score (nSPS) is 19.1. The van der Waals surface area contributed by atoms with Crippen LogP contribution in [0.25, 0.3) is 0 Å². The summed E-state index contributed by atoms with van der Waals surface area (Å²) in [4.78, 5) is 35.2. The molecule has 18 heavy (non-hydrogen) atoms. The number of allylic oxidation sites excluding steroid dienone is 3. The smallest absolute Gasteiger partial charge is 0.207 e. The van der Waals surface area contributed by atoms with Gasteiger partial charge in [-0.05, 0) is 5.92 Å². The van der Waals surface area contributed by atoms with Crippen molar-refractivity contribution in [3.63, 3.8) is 0 Å². The molecule has 1 aliphatic carbocycles. The molecule has 0 aromatic rings. The van der Waals surface area contributed by atoms with Gasteiger partial charge in [0.25, 0.3) is 0 Å². The number of hydrogen-bond donors (Lipinski definition) is 2. The Morgan fingerprint density at radius 1 is 1.33 bits per heavy atom. The predicted molar refractivity (Wildman–Crippen MR) is 64.0 cm³/mol. The zero-order valence-corrected chi connectivity index (χ0v) is 10.2. The standard InChI is InChI=1S/C13H14O5/c1-6(2)4-9(15)10-12(17)7(3)11(16)8(5-14)13(10)18/h5-6,14,17H,3-4H2,1-2H3/b8-5-. The van der Waals surface area contributed by atoms with Crippen LogP contribution in [0.4, 0.5) is 0 Å². The summed E-state index contributed by atoms with van der Waals surface area (Å²) in [6.07, 6.45) is 0.399. The average Bonchev–Trinajstić information content (AvgIpc) is 2.26. The van der Waals surface area contributed by atoms with Crippen molar-refractivity contribution < 1.29 is 24.6 Å². The van der Waals surface area contributed by atoms with E-state index in [1.54, 1.807) is 13.8 Å². The summed E-state index contributed by atoms with van der Waals surface area (Å²) in [5, 5.41) is 18.5. The summed E-state index contributed by atoms with van der Waals surface area (Å²) in [7, 11) is 0. The van der Waals surface area contributed by atoms with Crippen molar-refractivity contribution in [2.75, 3.05) is 0 Å². The summed E-state index contributed by atoms with van der Waals surface area (Å²) < 4.78 is 0. The van der Waals surface area contributed by atoms with E-state index in [2.05, 4.69) is 6.58 Å². The lowest BCUT2D eigenvalue weighted by atomic mass is 9.84. The van der Waals surface area contributed by atoms with Crippen LogP contribution in [0.2, 0.25) is 0 Å². The monoisotopic (exact) mass is 250 g/mol. The van der Waals surface area contributed by atoms with Gasteiger partial charge in [0.05, 0.1) is 11.8 Å². The second-order valence-electron chi connectivity index (χ2n) is 4.42. The molecule has 5 nitrogen and oxygen atoms in total. The third-order valence-corrected chi connectivity index (χ3v) is 2.51. The third kappa shape index (κ3) is 2.25. The van der Waals surface area contributed by atoms with E-state index in [4.69, 9.17) is 5.11 Å². The van der Waals surface area contributed by atoms with E-state index in [9.17, 15) is 19.5 Å². The van der Waals surface area contributed by atoms with Gasteiger partial charge in [-0.25, -0.2) is 0 Å². The van der Waals surface area contributed by atoms with Gasteiger partial charge in [0.1, 0.15) is 16.9 Å². The number of Topliss-reactive ketones (excluding diaryl/α,β-unsaturated/α-hetero) is 3. The van der Waals surface area contributed by atoms with Crippen molar-refractivity contribution in [1.29, 1.82) is 0 Å². The van der Waals surface area contributed by atoms with Gasteiger partial charge in [-0.1, -0.05) is 20.4 Å². The molecule has 0 saturated carbocycles. The van der Waals surface area contributed by atoms with Crippen molar-refractivity contribution in [2.45, 2.75) is 20.3 Å². The highest BCUT2D eigenvalue weighted by Crippen LogP contribution is 2.27. The Morgan fingerprint density at radius 3 is 2.33 bits per heavy atom. The van der Waals surface area contributed by atoms with E-state index in [1.807, 2.05) is 0 Å². The Balaban J connectivity index is 3.32. The van der Waals surface area contributed by atoms with Crippen LogP contribution in [0.1, 0.15) is 20.3 Å². The number of ketones is 3. The van der Waals surface area contributed by atoms with Gasteiger partial charge in [0, 0.05) is 6.42 Å². The van der Waals surface area contributed by atoms with Gasteiger partial charge < -0.3 is 10.2 Å². The molecular formula is C13H14O5. The number of aliphatic hydroxyl groups is 2. The summed E-state index contributed by atoms with van der Waals surface area (Å²) in [6.45, 7) is 6.87. The maximum absolute atomic E-state index is 11.8. The molecule has 0 radical (unpaired) electrons. The van der Waals surface area contributed by atoms with Crippen LogP contribution in [-0.4, -0.2) is 27.6 Å². The lowest BCUT2D eigenvalue weighted by molar-refractivity contribution is -0.122. The van der Waals surface area contributed by atoms with Crippen molar-refractivity contribution in [1.82, 2.24) is 0 Å². The minimum Gasteiger partial charge on any atom is -0.515 e. The first-order valence-electron chi connectivity index (χ1n) is 5.40. The highest BCUT2D eigenvalue weighted by Gasteiger charge is 2.37. The minimum atomic E-state index is -0.960. The largest absolute Gasteiger partial charge is 0.515 e. The third-order valence-electron chi connectivity index (χ3n) is 2.51. The van der Waals surface area contributed by atoms with Crippen LogP contribution >= 0.6 is 0 Å². The van der Waals surface area contributed by atoms with Crippen molar-refractivity contribution in [3.8, 4) is 0 Å². The lowest BCUT2D eigenvalue weighted by Crippen LogP contribution is -2.29. The number of carbonyl (C=O) groups excluding carboxylic acids is 3. The first-order valence-corrected chi connectivity index (χ1v) is 5.40. The van der Waals surface area contributed by atoms with Crippen molar-refractivity contribution in [2.24, 2.45) is 5.92 Å². The average molecular weight is 250 g/mol. The Bertz CT molecular complexity index is 505. The zero-order chi connectivity index (χ0) is 14.0. The molecule has 0 saturated heterocycles. The van der Waals surface area contributed by atoms with E-state index in [1.165, 1.54) is 0 Å². The molecule has 0 atom stereocenters. The van der Waals surface area contributed by atoms with E-state index >= 15 is 0 Å². The molecule has 5 heteroatoms. The van der Waals surface area contributed by atoms with Gasteiger partial charge in [-0.15, -0.1) is 0 Å². The maximum Gasteiger partial charge on any atom is 0.207 e. The molecule has 1 rings (SSSR count). The van der Waals surface area contributed by atoms with Crippen LogP contribution in [0.5, 0.6) is 0 Å². The molecule has 0 spiro atoms. The number of carbonyl (C=O) groups is 3. The van der Waals surface area contributed by atoms with Gasteiger partial charge >= 0.3 is 0 Å². The number of aliphatic hydroxyl groups excluding tert-OH is 2. The molecule has 0 heterocycles. The van der Waals surface area contributed by atoms with Gasteiger partial charge in [-0.3, -0.25) is 14.4 Å². The Kier molecular flexibility index (Phi) is 3.86. The van der Waals surface area contributed by atoms with Crippen LogP contribution in [-0.2, 0) is 14.4 Å². The second kappa shape index (κ2) is 5.00. The number of hydrogen-bond acceptors (Lipinski definition) is 5. The summed E-state index contributed by atoms with van der Waals surface area (Å²) >= 11 is 0. The number of rotatable bonds is 3. The fourth-order valence-corrected chi connectivity index (χ4v) is 1.62. The minimum absolute atomic E-state index is 0.00181. The molecule has 0 aromatic heterocycles. The SMILES string of the molecule is C=C1C(=O)/C(=C/O)C(=O)C(C(=O)CC(C)C)=C1O. The van der Waals surface area contributed by atoms with Gasteiger partial charge in [0.2, 0.25) is 11.6 Å². The molecule has 0 aliphatic heterocycles. The Labute approximate surface area is 104 Å². The quantitative estimate of drug-likeness (QED) is 0.450. The lowest BCUT2D eigenvalue weighted by Gasteiger charge is -2.17. The van der Waals surface area contributed by atoms with Crippen LogP contribution < -0.4 is 0 Å². The first kappa shape index (κ1) is 13.9. The molecule has 1 aliphatic rings. The summed E-state index contributed by atoms with van der Waals surface area (Å²) in [5.74, 6) is -3.10. The Morgan fingerprint density at radius 2 is 1.89 bits per heavy atom. The second-order valence-corrected chi connectivity index (χ2v) is 4.42. The van der Waals surface area contributed by atoms with Crippen LogP contribution in [0.15, 0.2) is 35.3 Å². The molecule has 0 aromatic carbocycles. The molecule has 0 bridgehead atoms. The molecule has 0 unspecified atom stereocenters. The molecule has 0 fully saturated rings.